The minimum absolute atomic E-state index is 0.210. The highest BCUT2D eigenvalue weighted by Gasteiger charge is 2.35. The summed E-state index contributed by atoms with van der Waals surface area (Å²) in [5.74, 6) is -1.10. The fourth-order valence-electron chi connectivity index (χ4n) is 2.91. The van der Waals surface area contributed by atoms with E-state index in [0.29, 0.717) is 19.5 Å². The molecule has 4 unspecified atom stereocenters. The van der Waals surface area contributed by atoms with Crippen LogP contribution >= 0.6 is 0 Å². The lowest BCUT2D eigenvalue weighted by molar-refractivity contribution is -0.142. The molecule has 2 aliphatic rings. The zero-order valence-corrected chi connectivity index (χ0v) is 11.2. The smallest absolute Gasteiger partial charge is 0.317 e. The molecule has 1 heterocycles. The molecule has 0 aromatic heterocycles. The minimum Gasteiger partial charge on any atom is -0.481 e. The van der Waals surface area contributed by atoms with Crippen LogP contribution in [0.5, 0.6) is 0 Å². The summed E-state index contributed by atoms with van der Waals surface area (Å²) < 4.78 is 0. The van der Waals surface area contributed by atoms with Gasteiger partial charge in [-0.1, -0.05) is 13.3 Å². The SMILES string of the molecule is CC1CCN(C(=O)NC2CCCC2C(=O)O)CC1O. The number of rotatable bonds is 2. The number of hydrogen-bond donors (Lipinski definition) is 3. The van der Waals surface area contributed by atoms with Crippen LogP contribution in [0.1, 0.15) is 32.6 Å². The maximum Gasteiger partial charge on any atom is 0.317 e. The van der Waals surface area contributed by atoms with E-state index in [9.17, 15) is 14.7 Å². The van der Waals surface area contributed by atoms with Gasteiger partial charge in [-0.3, -0.25) is 4.79 Å². The third-order valence-electron chi connectivity index (χ3n) is 4.35. The molecule has 19 heavy (non-hydrogen) atoms. The largest absolute Gasteiger partial charge is 0.481 e. The Bertz CT molecular complexity index is 361. The Hall–Kier alpha value is -1.30. The molecule has 0 aromatic carbocycles. The first kappa shape index (κ1) is 14.1. The van der Waals surface area contributed by atoms with Crippen molar-refractivity contribution in [3.05, 3.63) is 0 Å². The van der Waals surface area contributed by atoms with Gasteiger partial charge < -0.3 is 20.4 Å². The molecule has 2 fully saturated rings. The van der Waals surface area contributed by atoms with Crippen molar-refractivity contribution in [3.8, 4) is 0 Å². The second kappa shape index (κ2) is 5.77. The van der Waals surface area contributed by atoms with Crippen LogP contribution in [0.25, 0.3) is 0 Å². The summed E-state index contributed by atoms with van der Waals surface area (Å²) in [6.07, 6.45) is 2.47. The average Bonchev–Trinajstić information content (AvgIpc) is 2.80. The highest BCUT2D eigenvalue weighted by atomic mass is 16.4. The van der Waals surface area contributed by atoms with Crippen LogP contribution in [0, 0.1) is 11.8 Å². The van der Waals surface area contributed by atoms with Gasteiger partial charge in [-0.25, -0.2) is 4.79 Å². The maximum atomic E-state index is 12.1. The second-order valence-corrected chi connectivity index (χ2v) is 5.71. The quantitative estimate of drug-likeness (QED) is 0.687. The number of aliphatic hydroxyl groups is 1. The van der Waals surface area contributed by atoms with E-state index in [4.69, 9.17) is 5.11 Å². The summed E-state index contributed by atoms with van der Waals surface area (Å²) in [4.78, 5) is 24.7. The van der Waals surface area contributed by atoms with Gasteiger partial charge >= 0.3 is 12.0 Å². The third kappa shape index (κ3) is 3.18. The molecule has 1 aliphatic heterocycles. The molecule has 0 aromatic rings. The zero-order chi connectivity index (χ0) is 14.0. The molecule has 0 radical (unpaired) electrons. The molecule has 2 rings (SSSR count). The number of carboxylic acids is 1. The number of urea groups is 1. The Kier molecular flexibility index (Phi) is 4.29. The lowest BCUT2D eigenvalue weighted by Gasteiger charge is -2.35. The summed E-state index contributed by atoms with van der Waals surface area (Å²) in [5.41, 5.74) is 0. The van der Waals surface area contributed by atoms with E-state index in [0.717, 1.165) is 19.3 Å². The van der Waals surface area contributed by atoms with Gasteiger partial charge in [0.1, 0.15) is 0 Å². The Morgan fingerprint density at radius 2 is 2.00 bits per heavy atom. The van der Waals surface area contributed by atoms with Crippen molar-refractivity contribution in [1.29, 1.82) is 0 Å². The van der Waals surface area contributed by atoms with Crippen molar-refractivity contribution in [2.24, 2.45) is 11.8 Å². The number of carboxylic acid groups (broad SMARTS) is 1. The van der Waals surface area contributed by atoms with Gasteiger partial charge in [0.25, 0.3) is 0 Å². The molecule has 1 aliphatic carbocycles. The van der Waals surface area contributed by atoms with Crippen molar-refractivity contribution >= 4 is 12.0 Å². The van der Waals surface area contributed by atoms with Crippen molar-refractivity contribution in [1.82, 2.24) is 10.2 Å². The van der Waals surface area contributed by atoms with E-state index in [1.54, 1.807) is 4.90 Å². The molecule has 2 amide bonds. The summed E-state index contributed by atoms with van der Waals surface area (Å²) in [7, 11) is 0. The Balaban J connectivity index is 1.89. The molecule has 1 saturated carbocycles. The predicted molar refractivity (Wildman–Crippen MR) is 68.7 cm³/mol. The first-order chi connectivity index (χ1) is 8.99. The summed E-state index contributed by atoms with van der Waals surface area (Å²) in [6, 6.07) is -0.523. The van der Waals surface area contributed by atoms with Crippen LogP contribution in [0.2, 0.25) is 0 Å². The van der Waals surface area contributed by atoms with E-state index in [1.165, 1.54) is 0 Å². The van der Waals surface area contributed by atoms with E-state index >= 15 is 0 Å². The van der Waals surface area contributed by atoms with E-state index in [2.05, 4.69) is 5.32 Å². The molecule has 4 atom stereocenters. The van der Waals surface area contributed by atoms with Crippen molar-refractivity contribution in [2.45, 2.75) is 44.8 Å². The van der Waals surface area contributed by atoms with Gasteiger partial charge in [0, 0.05) is 19.1 Å². The highest BCUT2D eigenvalue weighted by Crippen LogP contribution is 2.26. The van der Waals surface area contributed by atoms with Gasteiger partial charge in [-0.05, 0) is 25.2 Å². The average molecular weight is 270 g/mol. The van der Waals surface area contributed by atoms with E-state index in [1.807, 2.05) is 6.92 Å². The number of carbonyl (C=O) groups is 2. The fraction of sp³-hybridized carbons (Fsp3) is 0.846. The molecular weight excluding hydrogens is 248 g/mol. The first-order valence-electron chi connectivity index (χ1n) is 6.95. The molecule has 3 N–H and O–H groups in total. The van der Waals surface area contributed by atoms with Gasteiger partial charge in [-0.15, -0.1) is 0 Å². The monoisotopic (exact) mass is 270 g/mol. The fourth-order valence-corrected chi connectivity index (χ4v) is 2.91. The first-order valence-corrected chi connectivity index (χ1v) is 6.95. The van der Waals surface area contributed by atoms with Crippen LogP contribution in [0.4, 0.5) is 4.79 Å². The normalized spacial score (nSPS) is 35.2. The lowest BCUT2D eigenvalue weighted by atomic mass is 9.96. The number of piperidine rings is 1. The van der Waals surface area contributed by atoms with Crippen molar-refractivity contribution < 1.29 is 19.8 Å². The van der Waals surface area contributed by atoms with E-state index in [-0.39, 0.29) is 18.0 Å². The number of likely N-dealkylation sites (tertiary alicyclic amines) is 1. The molecule has 0 spiro atoms. The van der Waals surface area contributed by atoms with Crippen LogP contribution in [0.15, 0.2) is 0 Å². The molecular formula is C13H22N2O4. The molecule has 1 saturated heterocycles. The number of carbonyl (C=O) groups excluding carboxylic acids is 1. The predicted octanol–water partition coefficient (Wildman–Crippen LogP) is 0.652. The lowest BCUT2D eigenvalue weighted by Crippen LogP contribution is -2.52. The van der Waals surface area contributed by atoms with E-state index < -0.39 is 18.0 Å². The highest BCUT2D eigenvalue weighted by molar-refractivity contribution is 5.77. The zero-order valence-electron chi connectivity index (χ0n) is 11.2. The van der Waals surface area contributed by atoms with Crippen molar-refractivity contribution in [2.75, 3.05) is 13.1 Å². The van der Waals surface area contributed by atoms with Crippen LogP contribution in [0.3, 0.4) is 0 Å². The minimum atomic E-state index is -0.838. The summed E-state index contributed by atoms with van der Waals surface area (Å²) in [6.45, 7) is 2.92. The Morgan fingerprint density at radius 3 is 2.63 bits per heavy atom. The standard InChI is InChI=1S/C13H22N2O4/c1-8-5-6-15(7-11(8)16)13(19)14-10-4-2-3-9(10)12(17)18/h8-11,16H,2-7H2,1H3,(H,14,19)(H,17,18). The molecule has 108 valence electrons. The van der Waals surface area contributed by atoms with Crippen LogP contribution in [-0.2, 0) is 4.79 Å². The third-order valence-corrected chi connectivity index (χ3v) is 4.35. The van der Waals surface area contributed by atoms with Gasteiger partial charge in [0.15, 0.2) is 0 Å². The number of β-amino-alcohol motifs (C(OH)–C–C–N with tert-alkyl or cyclic N) is 1. The number of amides is 2. The number of nitrogens with one attached hydrogen (secondary N) is 1. The Labute approximate surface area is 112 Å². The van der Waals surface area contributed by atoms with Crippen LogP contribution < -0.4 is 5.32 Å². The molecule has 0 bridgehead atoms. The second-order valence-electron chi connectivity index (χ2n) is 5.71. The van der Waals surface area contributed by atoms with Crippen molar-refractivity contribution in [3.63, 3.8) is 0 Å². The number of aliphatic carboxylic acids is 1. The van der Waals surface area contributed by atoms with Crippen LogP contribution in [-0.4, -0.2) is 52.3 Å². The molecule has 6 heteroatoms. The van der Waals surface area contributed by atoms with Gasteiger partial charge in [0.05, 0.1) is 12.0 Å². The maximum absolute atomic E-state index is 12.1. The van der Waals surface area contributed by atoms with Gasteiger partial charge in [0.2, 0.25) is 0 Å². The summed E-state index contributed by atoms with van der Waals surface area (Å²) in [5, 5.41) is 21.7. The number of nitrogens with zero attached hydrogens (tertiary/aromatic N) is 1. The van der Waals surface area contributed by atoms with Gasteiger partial charge in [-0.2, -0.15) is 0 Å². The topological polar surface area (TPSA) is 89.9 Å². The number of hydrogen-bond acceptors (Lipinski definition) is 3. The summed E-state index contributed by atoms with van der Waals surface area (Å²) >= 11 is 0. The Morgan fingerprint density at radius 1 is 1.26 bits per heavy atom. The number of aliphatic hydroxyl groups excluding tert-OH is 1. The molecule has 6 nitrogen and oxygen atoms in total.